The van der Waals surface area contributed by atoms with Gasteiger partial charge < -0.3 is 24.8 Å². The number of ether oxygens (including phenoxy) is 3. The summed E-state index contributed by atoms with van der Waals surface area (Å²) in [5.41, 5.74) is 0.809. The van der Waals surface area contributed by atoms with Gasteiger partial charge in [-0.3, -0.25) is 4.79 Å². The maximum absolute atomic E-state index is 12.3. The molecule has 0 saturated heterocycles. The van der Waals surface area contributed by atoms with Gasteiger partial charge in [0.25, 0.3) is 0 Å². The summed E-state index contributed by atoms with van der Waals surface area (Å²) in [7, 11) is 4.72. The van der Waals surface area contributed by atoms with Crippen molar-refractivity contribution in [1.82, 2.24) is 15.5 Å². The third kappa shape index (κ3) is 6.15. The van der Waals surface area contributed by atoms with E-state index in [9.17, 15) is 4.79 Å². The largest absolute Gasteiger partial charge is 0.496 e. The number of benzene rings is 1. The van der Waals surface area contributed by atoms with Gasteiger partial charge in [0, 0.05) is 24.2 Å². The van der Waals surface area contributed by atoms with Crippen molar-refractivity contribution < 1.29 is 19.0 Å². The highest BCUT2D eigenvalue weighted by Gasteiger charge is 2.16. The van der Waals surface area contributed by atoms with E-state index in [1.165, 1.54) is 55.2 Å². The summed E-state index contributed by atoms with van der Waals surface area (Å²) in [5, 5.41) is 15.6. The summed E-state index contributed by atoms with van der Waals surface area (Å²) >= 11 is 2.88. The number of thioether (sulfide) groups is 1. The van der Waals surface area contributed by atoms with E-state index in [2.05, 4.69) is 20.8 Å². The molecule has 30 heavy (non-hydrogen) atoms. The lowest BCUT2D eigenvalue weighted by molar-refractivity contribution is -0.118. The molecule has 1 amide bonds. The first-order chi connectivity index (χ1) is 14.6. The molecule has 1 heterocycles. The van der Waals surface area contributed by atoms with Crippen LogP contribution in [0.5, 0.6) is 17.2 Å². The lowest BCUT2D eigenvalue weighted by Gasteiger charge is -2.21. The van der Waals surface area contributed by atoms with E-state index in [-0.39, 0.29) is 11.7 Å². The van der Waals surface area contributed by atoms with Crippen LogP contribution < -0.4 is 24.8 Å². The Hall–Kier alpha value is -2.20. The van der Waals surface area contributed by atoms with Crippen molar-refractivity contribution in [3.63, 3.8) is 0 Å². The molecule has 10 heteroatoms. The molecule has 1 aliphatic carbocycles. The Morgan fingerprint density at radius 1 is 1.07 bits per heavy atom. The Kier molecular flexibility index (Phi) is 8.44. The highest BCUT2D eigenvalue weighted by atomic mass is 32.2. The molecule has 1 aliphatic rings. The number of nitrogens with zero attached hydrogens (tertiary/aromatic N) is 2. The van der Waals surface area contributed by atoms with Crippen LogP contribution in [0.25, 0.3) is 0 Å². The molecule has 0 spiro atoms. The summed E-state index contributed by atoms with van der Waals surface area (Å²) in [6.45, 7) is 0.327. The molecule has 0 unspecified atom stereocenters. The minimum atomic E-state index is -0.0890. The second-order valence-electron chi connectivity index (χ2n) is 6.94. The van der Waals surface area contributed by atoms with Crippen LogP contribution in [-0.4, -0.2) is 49.2 Å². The Morgan fingerprint density at radius 2 is 1.77 bits per heavy atom. The van der Waals surface area contributed by atoms with Crippen molar-refractivity contribution >= 4 is 34.1 Å². The van der Waals surface area contributed by atoms with Crippen molar-refractivity contribution in [2.45, 2.75) is 49.0 Å². The number of aromatic nitrogens is 2. The van der Waals surface area contributed by atoms with Crippen LogP contribution >= 0.6 is 23.1 Å². The molecular weight excluding hydrogens is 424 g/mol. The average Bonchev–Trinajstić information content (AvgIpc) is 3.23. The fourth-order valence-corrected chi connectivity index (χ4v) is 5.01. The van der Waals surface area contributed by atoms with Gasteiger partial charge in [-0.15, -0.1) is 10.2 Å². The van der Waals surface area contributed by atoms with Crippen LogP contribution in [0.4, 0.5) is 5.13 Å². The van der Waals surface area contributed by atoms with Gasteiger partial charge in [-0.25, -0.2) is 0 Å². The molecule has 0 bridgehead atoms. The monoisotopic (exact) mass is 452 g/mol. The number of carbonyl (C=O) groups is 1. The molecule has 1 aromatic carbocycles. The van der Waals surface area contributed by atoms with E-state index in [0.717, 1.165) is 15.0 Å². The van der Waals surface area contributed by atoms with Gasteiger partial charge in [-0.1, -0.05) is 42.4 Å². The molecule has 8 nitrogen and oxygen atoms in total. The van der Waals surface area contributed by atoms with E-state index in [4.69, 9.17) is 14.2 Å². The van der Waals surface area contributed by atoms with Crippen LogP contribution in [0.3, 0.4) is 0 Å². The molecule has 1 saturated carbocycles. The maximum Gasteiger partial charge on any atom is 0.230 e. The fourth-order valence-electron chi connectivity index (χ4n) is 3.35. The summed E-state index contributed by atoms with van der Waals surface area (Å²) in [5.74, 6) is 1.97. The zero-order valence-corrected chi connectivity index (χ0v) is 19.2. The van der Waals surface area contributed by atoms with Gasteiger partial charge in [0.2, 0.25) is 11.0 Å². The minimum absolute atomic E-state index is 0.0890. The molecule has 2 aromatic rings. The molecule has 0 radical (unpaired) electrons. The maximum atomic E-state index is 12.3. The van der Waals surface area contributed by atoms with Crippen LogP contribution in [0, 0.1) is 0 Å². The van der Waals surface area contributed by atoms with Crippen molar-refractivity contribution in [2.24, 2.45) is 0 Å². The van der Waals surface area contributed by atoms with Crippen molar-refractivity contribution in [1.29, 1.82) is 0 Å². The number of methoxy groups -OCH3 is 3. The third-order valence-electron chi connectivity index (χ3n) is 4.93. The second kappa shape index (κ2) is 11.3. The molecule has 2 N–H and O–H groups in total. The van der Waals surface area contributed by atoms with E-state index >= 15 is 0 Å². The highest BCUT2D eigenvalue weighted by molar-refractivity contribution is 8.01. The SMILES string of the molecule is COc1cc(OC)c(OC)cc1CNC(=O)CSc1nnc(NC2CCCCC2)s1. The third-order valence-corrected chi connectivity index (χ3v) is 6.92. The van der Waals surface area contributed by atoms with Crippen LogP contribution in [-0.2, 0) is 11.3 Å². The van der Waals surface area contributed by atoms with Gasteiger partial charge in [0.05, 0.1) is 27.1 Å². The molecule has 0 aliphatic heterocycles. The van der Waals surface area contributed by atoms with E-state index in [1.54, 1.807) is 33.5 Å². The van der Waals surface area contributed by atoms with Gasteiger partial charge in [0.1, 0.15) is 5.75 Å². The van der Waals surface area contributed by atoms with Gasteiger partial charge in [-0.2, -0.15) is 0 Å². The Balaban J connectivity index is 1.48. The fraction of sp³-hybridized carbons (Fsp3) is 0.550. The first kappa shape index (κ1) is 22.5. The summed E-state index contributed by atoms with van der Waals surface area (Å²) in [6, 6.07) is 4.04. The second-order valence-corrected chi connectivity index (χ2v) is 9.14. The summed E-state index contributed by atoms with van der Waals surface area (Å²) in [6.07, 6.45) is 6.22. The number of anilines is 1. The number of rotatable bonds is 10. The predicted molar refractivity (Wildman–Crippen MR) is 119 cm³/mol. The highest BCUT2D eigenvalue weighted by Crippen LogP contribution is 2.34. The van der Waals surface area contributed by atoms with Crippen LogP contribution in [0.15, 0.2) is 16.5 Å². The predicted octanol–water partition coefficient (Wildman–Crippen LogP) is 3.72. The normalized spacial score (nSPS) is 14.2. The Bertz CT molecular complexity index is 840. The molecule has 0 atom stereocenters. The number of carbonyl (C=O) groups excluding carboxylic acids is 1. The number of hydrogen-bond donors (Lipinski definition) is 2. The first-order valence-electron chi connectivity index (χ1n) is 9.91. The molecule has 1 aromatic heterocycles. The zero-order valence-electron chi connectivity index (χ0n) is 17.5. The lowest BCUT2D eigenvalue weighted by atomic mass is 9.96. The van der Waals surface area contributed by atoms with Crippen molar-refractivity contribution in [3.8, 4) is 17.2 Å². The molecular formula is C20H28N4O4S2. The topological polar surface area (TPSA) is 94.6 Å². The summed E-state index contributed by atoms with van der Waals surface area (Å²) < 4.78 is 16.8. The number of nitrogens with one attached hydrogen (secondary N) is 2. The Labute approximate surface area is 185 Å². The van der Waals surface area contributed by atoms with Crippen molar-refractivity contribution in [2.75, 3.05) is 32.4 Å². The summed E-state index contributed by atoms with van der Waals surface area (Å²) in [4.78, 5) is 12.3. The lowest BCUT2D eigenvalue weighted by Crippen LogP contribution is -2.24. The molecule has 3 rings (SSSR count). The Morgan fingerprint density at radius 3 is 2.47 bits per heavy atom. The van der Waals surface area contributed by atoms with E-state index in [1.807, 2.05) is 0 Å². The first-order valence-corrected chi connectivity index (χ1v) is 11.7. The van der Waals surface area contributed by atoms with Gasteiger partial charge in [-0.05, 0) is 18.9 Å². The van der Waals surface area contributed by atoms with E-state index in [0.29, 0.717) is 29.8 Å². The average molecular weight is 453 g/mol. The number of hydrogen-bond acceptors (Lipinski definition) is 9. The van der Waals surface area contributed by atoms with Crippen LogP contribution in [0.1, 0.15) is 37.7 Å². The van der Waals surface area contributed by atoms with Gasteiger partial charge in [0.15, 0.2) is 15.8 Å². The standard InChI is InChI=1S/C20H28N4O4S2/c1-26-15-10-17(28-3)16(27-2)9-13(15)11-21-18(25)12-29-20-24-23-19(30-20)22-14-7-5-4-6-8-14/h9-10,14H,4-8,11-12H2,1-3H3,(H,21,25)(H,22,23). The molecule has 164 valence electrons. The quantitative estimate of drug-likeness (QED) is 0.527. The zero-order chi connectivity index (χ0) is 21.3. The van der Waals surface area contributed by atoms with Gasteiger partial charge >= 0.3 is 0 Å². The van der Waals surface area contributed by atoms with Crippen molar-refractivity contribution in [3.05, 3.63) is 17.7 Å². The molecule has 1 fully saturated rings. The smallest absolute Gasteiger partial charge is 0.230 e. The van der Waals surface area contributed by atoms with Crippen LogP contribution in [0.2, 0.25) is 0 Å². The van der Waals surface area contributed by atoms with E-state index < -0.39 is 0 Å². The minimum Gasteiger partial charge on any atom is -0.496 e. The number of amides is 1.